The van der Waals surface area contributed by atoms with Gasteiger partial charge in [0.1, 0.15) is 5.82 Å². The third-order valence-corrected chi connectivity index (χ3v) is 1.72. The van der Waals surface area contributed by atoms with Crippen molar-refractivity contribution in [2.75, 3.05) is 12.3 Å². The number of aromatic nitrogens is 2. The highest BCUT2D eigenvalue weighted by molar-refractivity contribution is 5.23. The van der Waals surface area contributed by atoms with E-state index in [2.05, 4.69) is 4.98 Å². The lowest BCUT2D eigenvalue weighted by molar-refractivity contribution is 0.221. The van der Waals surface area contributed by atoms with Crippen LogP contribution < -0.4 is 11.4 Å². The van der Waals surface area contributed by atoms with Crippen LogP contribution in [0.3, 0.4) is 0 Å². The molecule has 5 nitrogen and oxygen atoms in total. The Bertz CT molecular complexity index is 334. The van der Waals surface area contributed by atoms with Crippen LogP contribution in [0, 0.1) is 5.92 Å². The molecule has 0 aromatic carbocycles. The lowest BCUT2D eigenvalue weighted by Gasteiger charge is -2.09. The third-order valence-electron chi connectivity index (χ3n) is 1.72. The quantitative estimate of drug-likeness (QED) is 0.659. The van der Waals surface area contributed by atoms with E-state index in [9.17, 15) is 4.79 Å². The zero-order valence-electron chi connectivity index (χ0n) is 7.47. The first-order valence-corrected chi connectivity index (χ1v) is 4.07. The first-order valence-electron chi connectivity index (χ1n) is 4.07. The molecule has 13 heavy (non-hydrogen) atoms. The number of nitrogens with two attached hydrogens (primary N) is 1. The number of nitrogens with zero attached hydrogens (tertiary/aromatic N) is 2. The first-order chi connectivity index (χ1) is 6.13. The molecule has 1 heterocycles. The SMILES string of the molecule is C[C@H](CO)Cn1ccc(N)nc1=O. The summed E-state index contributed by atoms with van der Waals surface area (Å²) in [5.74, 6) is 0.265. The highest BCUT2D eigenvalue weighted by Gasteiger charge is 2.03. The Morgan fingerprint density at radius 2 is 2.46 bits per heavy atom. The van der Waals surface area contributed by atoms with Gasteiger partial charge in [0.15, 0.2) is 0 Å². The van der Waals surface area contributed by atoms with E-state index < -0.39 is 0 Å². The van der Waals surface area contributed by atoms with Crippen LogP contribution in [-0.4, -0.2) is 21.3 Å². The molecule has 3 N–H and O–H groups in total. The van der Waals surface area contributed by atoms with Crippen molar-refractivity contribution >= 4 is 5.82 Å². The van der Waals surface area contributed by atoms with Crippen LogP contribution in [0.5, 0.6) is 0 Å². The number of anilines is 1. The van der Waals surface area contributed by atoms with E-state index in [1.807, 2.05) is 6.92 Å². The van der Waals surface area contributed by atoms with E-state index in [0.717, 1.165) is 0 Å². The Balaban J connectivity index is 2.84. The summed E-state index contributed by atoms with van der Waals surface area (Å²) < 4.78 is 1.43. The number of nitrogen functional groups attached to an aromatic ring is 1. The molecular weight excluding hydrogens is 170 g/mol. The first kappa shape index (κ1) is 9.73. The van der Waals surface area contributed by atoms with E-state index in [1.54, 1.807) is 12.3 Å². The number of hydrogen-bond donors (Lipinski definition) is 2. The maximum Gasteiger partial charge on any atom is 0.349 e. The minimum absolute atomic E-state index is 0.0446. The van der Waals surface area contributed by atoms with Crippen LogP contribution in [0.1, 0.15) is 6.92 Å². The molecule has 0 bridgehead atoms. The van der Waals surface area contributed by atoms with Crippen LogP contribution in [0.15, 0.2) is 17.1 Å². The molecule has 0 fully saturated rings. The van der Waals surface area contributed by atoms with Gasteiger partial charge in [-0.05, 0) is 12.0 Å². The molecule has 0 aliphatic rings. The van der Waals surface area contributed by atoms with Gasteiger partial charge in [0, 0.05) is 19.3 Å². The normalized spacial score (nSPS) is 12.8. The summed E-state index contributed by atoms with van der Waals surface area (Å²) in [7, 11) is 0. The second kappa shape index (κ2) is 4.04. The highest BCUT2D eigenvalue weighted by Crippen LogP contribution is 1.97. The van der Waals surface area contributed by atoms with E-state index in [4.69, 9.17) is 10.8 Å². The van der Waals surface area contributed by atoms with Crippen LogP contribution in [0.25, 0.3) is 0 Å². The second-order valence-corrected chi connectivity index (χ2v) is 3.08. The van der Waals surface area contributed by atoms with Gasteiger partial charge in [-0.1, -0.05) is 6.92 Å². The van der Waals surface area contributed by atoms with Crippen molar-refractivity contribution in [3.8, 4) is 0 Å². The number of aliphatic hydroxyl groups is 1. The molecule has 0 unspecified atom stereocenters. The molecule has 1 rings (SSSR count). The van der Waals surface area contributed by atoms with Gasteiger partial charge in [-0.25, -0.2) is 4.79 Å². The average Bonchev–Trinajstić information content (AvgIpc) is 2.09. The van der Waals surface area contributed by atoms with Crippen molar-refractivity contribution in [3.05, 3.63) is 22.7 Å². The Morgan fingerprint density at radius 1 is 1.77 bits per heavy atom. The fourth-order valence-electron chi connectivity index (χ4n) is 0.974. The van der Waals surface area contributed by atoms with Crippen molar-refractivity contribution in [2.24, 2.45) is 5.92 Å². The average molecular weight is 183 g/mol. The summed E-state index contributed by atoms with van der Waals surface area (Å²) in [4.78, 5) is 14.7. The lowest BCUT2D eigenvalue weighted by Crippen LogP contribution is -2.26. The van der Waals surface area contributed by atoms with E-state index in [0.29, 0.717) is 6.54 Å². The Kier molecular flexibility index (Phi) is 3.02. The molecule has 0 spiro atoms. The fourth-order valence-corrected chi connectivity index (χ4v) is 0.974. The molecule has 1 aromatic heterocycles. The highest BCUT2D eigenvalue weighted by atomic mass is 16.3. The molecule has 5 heteroatoms. The largest absolute Gasteiger partial charge is 0.396 e. The summed E-state index contributed by atoms with van der Waals surface area (Å²) in [6.45, 7) is 2.36. The number of hydrogen-bond acceptors (Lipinski definition) is 4. The predicted octanol–water partition coefficient (Wildman–Crippen LogP) is -0.546. The molecule has 72 valence electrons. The van der Waals surface area contributed by atoms with Crippen molar-refractivity contribution in [2.45, 2.75) is 13.5 Å². The van der Waals surface area contributed by atoms with Crippen LogP contribution >= 0.6 is 0 Å². The molecule has 0 radical (unpaired) electrons. The lowest BCUT2D eigenvalue weighted by atomic mass is 10.2. The summed E-state index contributed by atoms with van der Waals surface area (Å²) in [6.07, 6.45) is 1.58. The monoisotopic (exact) mass is 183 g/mol. The topological polar surface area (TPSA) is 81.1 Å². The maximum absolute atomic E-state index is 11.2. The Morgan fingerprint density at radius 3 is 3.00 bits per heavy atom. The van der Waals surface area contributed by atoms with Crippen molar-refractivity contribution in [3.63, 3.8) is 0 Å². The second-order valence-electron chi connectivity index (χ2n) is 3.08. The smallest absolute Gasteiger partial charge is 0.349 e. The summed E-state index contributed by atoms with van der Waals surface area (Å²) in [5, 5.41) is 8.78. The summed E-state index contributed by atoms with van der Waals surface area (Å²) >= 11 is 0. The summed E-state index contributed by atoms with van der Waals surface area (Å²) in [5.41, 5.74) is 4.94. The van der Waals surface area contributed by atoms with Gasteiger partial charge in [-0.15, -0.1) is 0 Å². The fraction of sp³-hybridized carbons (Fsp3) is 0.500. The zero-order valence-corrected chi connectivity index (χ0v) is 7.47. The van der Waals surface area contributed by atoms with Gasteiger partial charge >= 0.3 is 5.69 Å². The minimum Gasteiger partial charge on any atom is -0.396 e. The van der Waals surface area contributed by atoms with E-state index in [1.165, 1.54) is 4.57 Å². The summed E-state index contributed by atoms with van der Waals surface area (Å²) in [6, 6.07) is 1.56. The number of rotatable bonds is 3. The van der Waals surface area contributed by atoms with Crippen molar-refractivity contribution in [1.82, 2.24) is 9.55 Å². The van der Waals surface area contributed by atoms with E-state index >= 15 is 0 Å². The maximum atomic E-state index is 11.2. The predicted molar refractivity (Wildman–Crippen MR) is 49.2 cm³/mol. The van der Waals surface area contributed by atoms with E-state index in [-0.39, 0.29) is 24.0 Å². The molecule has 0 aliphatic heterocycles. The molecular formula is C8H13N3O2. The molecule has 0 amide bonds. The molecule has 0 saturated carbocycles. The Labute approximate surface area is 75.8 Å². The molecule has 0 aliphatic carbocycles. The van der Waals surface area contributed by atoms with Gasteiger partial charge < -0.3 is 10.8 Å². The zero-order chi connectivity index (χ0) is 9.84. The van der Waals surface area contributed by atoms with Gasteiger partial charge in [-0.2, -0.15) is 4.98 Å². The molecule has 1 atom stereocenters. The Hall–Kier alpha value is -1.36. The molecule has 0 saturated heterocycles. The van der Waals surface area contributed by atoms with Crippen LogP contribution in [0.4, 0.5) is 5.82 Å². The molecule has 1 aromatic rings. The van der Waals surface area contributed by atoms with Crippen LogP contribution in [0.2, 0.25) is 0 Å². The third kappa shape index (κ3) is 2.55. The number of aliphatic hydroxyl groups excluding tert-OH is 1. The standard InChI is InChI=1S/C8H13N3O2/c1-6(5-12)4-11-3-2-7(9)10-8(11)13/h2-3,6,12H,4-5H2,1H3,(H2,9,10,13)/t6-/m0/s1. The van der Waals surface area contributed by atoms with Gasteiger partial charge in [-0.3, -0.25) is 4.57 Å². The van der Waals surface area contributed by atoms with Crippen molar-refractivity contribution in [1.29, 1.82) is 0 Å². The van der Waals surface area contributed by atoms with Crippen molar-refractivity contribution < 1.29 is 5.11 Å². The van der Waals surface area contributed by atoms with Gasteiger partial charge in [0.25, 0.3) is 0 Å². The van der Waals surface area contributed by atoms with Crippen LogP contribution in [-0.2, 0) is 6.54 Å². The minimum atomic E-state index is -0.375. The van der Waals surface area contributed by atoms with Gasteiger partial charge in [0.2, 0.25) is 0 Å². The van der Waals surface area contributed by atoms with Gasteiger partial charge in [0.05, 0.1) is 0 Å².